The van der Waals surface area contributed by atoms with Crippen LogP contribution in [0.1, 0.15) is 11.1 Å². The predicted octanol–water partition coefficient (Wildman–Crippen LogP) is 2.82. The number of alkyl halides is 3. The number of benzene rings is 1. The molecule has 2 aliphatic rings. The second-order valence-electron chi connectivity index (χ2n) is 7.48. The lowest BCUT2D eigenvalue weighted by molar-refractivity contribution is -0.137. The Kier molecular flexibility index (Phi) is 5.36. The summed E-state index contributed by atoms with van der Waals surface area (Å²) in [6.45, 7) is 0.996. The van der Waals surface area contributed by atoms with Crippen molar-refractivity contribution < 1.29 is 27.4 Å². The highest BCUT2D eigenvalue weighted by Crippen LogP contribution is 2.37. The Hall–Kier alpha value is -3.67. The number of morpholine rings is 1. The van der Waals surface area contributed by atoms with Gasteiger partial charge in [-0.05, 0) is 17.7 Å². The van der Waals surface area contributed by atoms with Crippen molar-refractivity contribution in [2.75, 3.05) is 48.4 Å². The number of anilines is 3. The van der Waals surface area contributed by atoms with Crippen molar-refractivity contribution in [3.8, 4) is 6.01 Å². The summed E-state index contributed by atoms with van der Waals surface area (Å²) in [5.74, 6) is 0.570. The number of carbonyl (C=O) groups excluding carboxylic acids is 1. The van der Waals surface area contributed by atoms with E-state index in [1.807, 2.05) is 0 Å². The van der Waals surface area contributed by atoms with Crippen LogP contribution in [-0.4, -0.2) is 53.8 Å². The first-order valence-electron chi connectivity index (χ1n) is 10.3. The number of fused-ring (bicyclic) bond motifs is 5. The van der Waals surface area contributed by atoms with Gasteiger partial charge in [0.05, 0.1) is 36.1 Å². The summed E-state index contributed by atoms with van der Waals surface area (Å²) in [5.41, 5.74) is 0.150. The normalized spacial score (nSPS) is 16.8. The van der Waals surface area contributed by atoms with Gasteiger partial charge in [-0.15, -0.1) is 0 Å². The number of nitrogens with one attached hydrogen (secondary N) is 2. The van der Waals surface area contributed by atoms with Crippen molar-refractivity contribution in [1.29, 1.82) is 0 Å². The maximum atomic E-state index is 13.6. The zero-order valence-corrected chi connectivity index (χ0v) is 17.3. The van der Waals surface area contributed by atoms with Crippen LogP contribution in [0.25, 0.3) is 10.9 Å². The molecule has 9 nitrogen and oxygen atoms in total. The van der Waals surface area contributed by atoms with Crippen LogP contribution >= 0.6 is 0 Å². The first-order chi connectivity index (χ1) is 15.9. The molecule has 0 saturated carbocycles. The van der Waals surface area contributed by atoms with Crippen molar-refractivity contribution >= 4 is 34.1 Å². The van der Waals surface area contributed by atoms with E-state index < -0.39 is 11.7 Å². The summed E-state index contributed by atoms with van der Waals surface area (Å²) < 4.78 is 51.4. The topological polar surface area (TPSA) is 102 Å². The van der Waals surface area contributed by atoms with Gasteiger partial charge in [0.15, 0.2) is 0 Å². The van der Waals surface area contributed by atoms with Crippen LogP contribution in [0.3, 0.4) is 0 Å². The van der Waals surface area contributed by atoms with Crippen molar-refractivity contribution in [3.05, 3.63) is 41.6 Å². The van der Waals surface area contributed by atoms with Crippen LogP contribution in [0, 0.1) is 0 Å². The fourth-order valence-electron chi connectivity index (χ4n) is 3.80. The van der Waals surface area contributed by atoms with E-state index >= 15 is 0 Å². The van der Waals surface area contributed by atoms with Gasteiger partial charge in [-0.2, -0.15) is 23.1 Å². The van der Waals surface area contributed by atoms with E-state index in [4.69, 9.17) is 9.47 Å². The second-order valence-corrected chi connectivity index (χ2v) is 7.48. The van der Waals surface area contributed by atoms with E-state index in [0.29, 0.717) is 41.3 Å². The summed E-state index contributed by atoms with van der Waals surface area (Å²) in [7, 11) is 0. The highest BCUT2D eigenvalue weighted by atomic mass is 19.4. The predicted molar refractivity (Wildman–Crippen MR) is 113 cm³/mol. The number of hydrogen-bond acceptors (Lipinski definition) is 8. The molecule has 172 valence electrons. The summed E-state index contributed by atoms with van der Waals surface area (Å²) in [5, 5.41) is 6.50. The van der Waals surface area contributed by atoms with Gasteiger partial charge in [0, 0.05) is 18.5 Å². The molecule has 0 aliphatic carbocycles. The van der Waals surface area contributed by atoms with Gasteiger partial charge in [0.25, 0.3) is 5.91 Å². The molecule has 1 amide bonds. The summed E-state index contributed by atoms with van der Waals surface area (Å²) in [6.07, 6.45) is -2.99. The minimum atomic E-state index is -4.51. The maximum Gasteiger partial charge on any atom is 0.418 e. The fraction of sp³-hybridized carbons (Fsp3) is 0.333. The lowest BCUT2D eigenvalue weighted by Crippen LogP contribution is -2.42. The molecule has 0 spiro atoms. The zero-order chi connectivity index (χ0) is 23.0. The maximum absolute atomic E-state index is 13.6. The van der Waals surface area contributed by atoms with Gasteiger partial charge < -0.3 is 20.1 Å². The van der Waals surface area contributed by atoms with Gasteiger partial charge in [-0.3, -0.25) is 9.69 Å². The first-order valence-corrected chi connectivity index (χ1v) is 10.3. The number of para-hydroxylation sites is 1. The number of pyridine rings is 1. The van der Waals surface area contributed by atoms with E-state index in [-0.39, 0.29) is 43.9 Å². The Balaban J connectivity index is 1.55. The molecule has 4 heterocycles. The Bertz CT molecular complexity index is 1220. The summed E-state index contributed by atoms with van der Waals surface area (Å²) in [6, 6.07) is 5.78. The lowest BCUT2D eigenvalue weighted by Gasteiger charge is -2.26. The smallest absolute Gasteiger partial charge is 0.418 e. The van der Waals surface area contributed by atoms with Gasteiger partial charge in [-0.25, -0.2) is 4.98 Å². The van der Waals surface area contributed by atoms with E-state index in [1.165, 1.54) is 17.2 Å². The summed E-state index contributed by atoms with van der Waals surface area (Å²) >= 11 is 0. The molecule has 1 fully saturated rings. The van der Waals surface area contributed by atoms with E-state index in [2.05, 4.69) is 25.6 Å². The molecule has 0 radical (unpaired) electrons. The van der Waals surface area contributed by atoms with Crippen LogP contribution in [0.5, 0.6) is 6.01 Å². The lowest BCUT2D eigenvalue weighted by atomic mass is 10.1. The van der Waals surface area contributed by atoms with Crippen molar-refractivity contribution in [2.45, 2.75) is 12.7 Å². The van der Waals surface area contributed by atoms with Crippen LogP contribution in [-0.2, 0) is 22.3 Å². The molecular formula is C21H19F3N6O3. The number of ether oxygens (including phenoxy) is 2. The van der Waals surface area contributed by atoms with Crippen LogP contribution in [0.2, 0.25) is 0 Å². The Morgan fingerprint density at radius 1 is 1.12 bits per heavy atom. The molecule has 2 bridgehead atoms. The van der Waals surface area contributed by atoms with E-state index in [0.717, 1.165) is 6.07 Å². The summed E-state index contributed by atoms with van der Waals surface area (Å²) in [4.78, 5) is 26.8. The standard InChI is InChI=1S/C21H19F3N6O3/c22-21(23,24)14-3-1-2-12-9-27-19-13-8-16(30-5-7-32-11-17(30)31)26-10-15(13)28-20(29-19)33-6-4-25-18(12)14/h1-3,8,10,25H,4-7,9,11H2,(H,27,28,29). The second kappa shape index (κ2) is 8.35. The van der Waals surface area contributed by atoms with E-state index in [1.54, 1.807) is 12.1 Å². The molecule has 33 heavy (non-hydrogen) atoms. The third kappa shape index (κ3) is 4.21. The van der Waals surface area contributed by atoms with Gasteiger partial charge in [0.2, 0.25) is 0 Å². The van der Waals surface area contributed by atoms with Gasteiger partial charge in [0.1, 0.15) is 24.8 Å². The van der Waals surface area contributed by atoms with Crippen molar-refractivity contribution in [1.82, 2.24) is 15.0 Å². The third-order valence-corrected chi connectivity index (χ3v) is 5.35. The molecule has 1 aromatic carbocycles. The van der Waals surface area contributed by atoms with Gasteiger partial charge in [-0.1, -0.05) is 12.1 Å². The number of nitrogens with zero attached hydrogens (tertiary/aromatic N) is 4. The molecule has 12 heteroatoms. The highest BCUT2D eigenvalue weighted by Gasteiger charge is 2.34. The van der Waals surface area contributed by atoms with Gasteiger partial charge >= 0.3 is 12.2 Å². The fourth-order valence-corrected chi connectivity index (χ4v) is 3.80. The monoisotopic (exact) mass is 460 g/mol. The number of rotatable bonds is 1. The molecule has 2 aromatic heterocycles. The average molecular weight is 460 g/mol. The Labute approximate surface area is 185 Å². The third-order valence-electron chi connectivity index (χ3n) is 5.35. The van der Waals surface area contributed by atoms with Crippen LogP contribution in [0.15, 0.2) is 30.5 Å². The molecule has 2 N–H and O–H groups in total. The Morgan fingerprint density at radius 2 is 2.00 bits per heavy atom. The number of hydrogen-bond donors (Lipinski definition) is 2. The quantitative estimate of drug-likeness (QED) is 0.572. The first kappa shape index (κ1) is 21.2. The molecule has 2 aliphatic heterocycles. The number of aromatic nitrogens is 3. The zero-order valence-electron chi connectivity index (χ0n) is 17.3. The SMILES string of the molecule is O=C1COCCN1c1cc2c3nc(nc2cn1)OCCNc1c(cccc1C(F)(F)F)CN3. The van der Waals surface area contributed by atoms with Crippen LogP contribution in [0.4, 0.5) is 30.5 Å². The molecule has 0 unspecified atom stereocenters. The Morgan fingerprint density at radius 3 is 2.82 bits per heavy atom. The minimum Gasteiger partial charge on any atom is -0.462 e. The van der Waals surface area contributed by atoms with Crippen molar-refractivity contribution in [3.63, 3.8) is 0 Å². The number of halogens is 3. The highest BCUT2D eigenvalue weighted by molar-refractivity contribution is 5.97. The van der Waals surface area contributed by atoms with Crippen LogP contribution < -0.4 is 20.3 Å². The molecule has 1 saturated heterocycles. The van der Waals surface area contributed by atoms with E-state index in [9.17, 15) is 18.0 Å². The minimum absolute atomic E-state index is 0.00496. The molecule has 3 aromatic rings. The molecular weight excluding hydrogens is 441 g/mol. The molecule has 5 rings (SSSR count). The number of amides is 1. The van der Waals surface area contributed by atoms with Crippen molar-refractivity contribution in [2.24, 2.45) is 0 Å². The number of carbonyl (C=O) groups is 1. The molecule has 0 atom stereocenters. The largest absolute Gasteiger partial charge is 0.462 e. The average Bonchev–Trinajstić information content (AvgIpc) is 2.82.